The third-order valence-corrected chi connectivity index (χ3v) is 5.52. The summed E-state index contributed by atoms with van der Waals surface area (Å²) in [5.74, 6) is 0.199. The first-order valence-electron chi connectivity index (χ1n) is 8.54. The number of aromatic amines is 1. The Bertz CT molecular complexity index is 889. The zero-order valence-electron chi connectivity index (χ0n) is 14.1. The predicted octanol–water partition coefficient (Wildman–Crippen LogP) is 2.96. The lowest BCUT2D eigenvalue weighted by molar-refractivity contribution is 0.141. The van der Waals surface area contributed by atoms with Crippen molar-refractivity contribution in [2.24, 2.45) is 5.92 Å². The molecule has 130 valence electrons. The van der Waals surface area contributed by atoms with Crippen molar-refractivity contribution in [1.82, 2.24) is 20.1 Å². The molecule has 0 bridgehead atoms. The molecule has 3 heterocycles. The summed E-state index contributed by atoms with van der Waals surface area (Å²) >= 11 is 6.27. The van der Waals surface area contributed by atoms with Crippen LogP contribution < -0.4 is 0 Å². The highest BCUT2D eigenvalue weighted by atomic mass is 35.5. The molecule has 1 saturated heterocycles. The monoisotopic (exact) mass is 356 g/mol. The Morgan fingerprint density at radius 3 is 2.92 bits per heavy atom. The number of β-amino-alcohol motifs (C(OH)–C–C–N with tert-alkyl or cyclic N) is 1. The van der Waals surface area contributed by atoms with Crippen molar-refractivity contribution >= 4 is 22.5 Å². The average molecular weight is 357 g/mol. The molecule has 3 aromatic rings. The molecule has 0 radical (unpaired) electrons. The summed E-state index contributed by atoms with van der Waals surface area (Å²) < 4.78 is 0. The maximum absolute atomic E-state index is 10.5. The quantitative estimate of drug-likeness (QED) is 0.754. The number of rotatable bonds is 4. The lowest BCUT2D eigenvalue weighted by Gasteiger charge is -2.15. The van der Waals surface area contributed by atoms with Crippen LogP contribution in [-0.4, -0.2) is 44.4 Å². The van der Waals surface area contributed by atoms with Crippen LogP contribution >= 0.6 is 11.6 Å². The summed E-state index contributed by atoms with van der Waals surface area (Å²) in [7, 11) is 0. The van der Waals surface area contributed by atoms with Crippen molar-refractivity contribution in [3.05, 3.63) is 58.5 Å². The lowest BCUT2D eigenvalue weighted by Crippen LogP contribution is -2.21. The number of fused-ring (bicyclic) bond motifs is 1. The number of aliphatic hydroxyl groups excluding tert-OH is 1. The van der Waals surface area contributed by atoms with Crippen molar-refractivity contribution in [1.29, 1.82) is 0 Å². The maximum atomic E-state index is 10.5. The van der Waals surface area contributed by atoms with Gasteiger partial charge in [0.2, 0.25) is 0 Å². The molecular weight excluding hydrogens is 336 g/mol. The molecule has 25 heavy (non-hydrogen) atoms. The minimum Gasteiger partial charge on any atom is -0.391 e. The molecule has 0 saturated carbocycles. The van der Waals surface area contributed by atoms with E-state index in [1.165, 1.54) is 10.9 Å². The first-order valence-corrected chi connectivity index (χ1v) is 8.92. The molecule has 2 N–H and O–H groups in total. The molecule has 2 atom stereocenters. The fourth-order valence-corrected chi connectivity index (χ4v) is 3.81. The number of H-pyrrole nitrogens is 1. The van der Waals surface area contributed by atoms with Gasteiger partial charge in [-0.1, -0.05) is 29.8 Å². The van der Waals surface area contributed by atoms with Crippen LogP contribution in [0.3, 0.4) is 0 Å². The van der Waals surface area contributed by atoms with Crippen molar-refractivity contribution in [3.8, 4) is 0 Å². The third kappa shape index (κ3) is 3.27. The Morgan fingerprint density at radius 1 is 1.28 bits per heavy atom. The van der Waals surface area contributed by atoms with Gasteiger partial charge in [0, 0.05) is 37.1 Å². The van der Waals surface area contributed by atoms with Crippen LogP contribution in [0, 0.1) is 12.8 Å². The molecule has 1 aliphatic heterocycles. The number of para-hydroxylation sites is 1. The van der Waals surface area contributed by atoms with Crippen molar-refractivity contribution < 1.29 is 5.11 Å². The standard InChI is InChI=1S/C19H21ClN4O/c1-12-19(20)17(23-22-12)10-24-9-14(18(25)11-24)8-13-6-7-21-16-5-3-2-4-15(13)16/h2-7,14,18,25H,8-11H2,1H3,(H,22,23)/t14-,18-/m1/s1. The van der Waals surface area contributed by atoms with Crippen LogP contribution in [-0.2, 0) is 13.0 Å². The number of pyridine rings is 1. The zero-order valence-corrected chi connectivity index (χ0v) is 14.9. The minimum atomic E-state index is -0.342. The van der Waals surface area contributed by atoms with Gasteiger partial charge in [-0.05, 0) is 31.0 Å². The van der Waals surface area contributed by atoms with Gasteiger partial charge in [-0.2, -0.15) is 5.10 Å². The van der Waals surface area contributed by atoms with E-state index in [-0.39, 0.29) is 12.0 Å². The molecule has 1 fully saturated rings. The summed E-state index contributed by atoms with van der Waals surface area (Å²) in [4.78, 5) is 6.64. The summed E-state index contributed by atoms with van der Waals surface area (Å²) in [5.41, 5.74) is 3.98. The van der Waals surface area contributed by atoms with E-state index in [2.05, 4.69) is 32.2 Å². The number of nitrogens with zero attached hydrogens (tertiary/aromatic N) is 3. The summed E-state index contributed by atoms with van der Waals surface area (Å²) in [6, 6.07) is 10.2. The number of aliphatic hydroxyl groups is 1. The van der Waals surface area contributed by atoms with Crippen LogP contribution in [0.25, 0.3) is 10.9 Å². The van der Waals surface area contributed by atoms with Crippen LogP contribution in [0.2, 0.25) is 5.02 Å². The van der Waals surface area contributed by atoms with E-state index in [9.17, 15) is 5.11 Å². The molecule has 1 aromatic carbocycles. The van der Waals surface area contributed by atoms with Crippen LogP contribution in [0.4, 0.5) is 0 Å². The molecule has 6 heteroatoms. The largest absolute Gasteiger partial charge is 0.391 e. The maximum Gasteiger partial charge on any atom is 0.0951 e. The zero-order chi connectivity index (χ0) is 17.4. The number of aromatic nitrogens is 3. The molecule has 0 aliphatic carbocycles. The van der Waals surface area contributed by atoms with Gasteiger partial charge >= 0.3 is 0 Å². The van der Waals surface area contributed by atoms with E-state index in [1.807, 2.05) is 31.3 Å². The number of hydrogen-bond donors (Lipinski definition) is 2. The number of nitrogens with one attached hydrogen (secondary N) is 1. The summed E-state index contributed by atoms with van der Waals surface area (Å²) in [5, 5.41) is 19.6. The van der Waals surface area contributed by atoms with E-state index in [0.717, 1.165) is 29.9 Å². The molecule has 2 aromatic heterocycles. The minimum absolute atomic E-state index is 0.199. The van der Waals surface area contributed by atoms with Gasteiger partial charge < -0.3 is 5.11 Å². The van der Waals surface area contributed by atoms with E-state index in [1.54, 1.807) is 0 Å². The van der Waals surface area contributed by atoms with Gasteiger partial charge in [-0.3, -0.25) is 15.0 Å². The Hall–Kier alpha value is -1.95. The first kappa shape index (κ1) is 16.5. The molecule has 1 aliphatic rings. The molecular formula is C19H21ClN4O. The van der Waals surface area contributed by atoms with Gasteiger partial charge in [-0.15, -0.1) is 0 Å². The van der Waals surface area contributed by atoms with Crippen molar-refractivity contribution in [2.45, 2.75) is 26.0 Å². The van der Waals surface area contributed by atoms with Crippen LogP contribution in [0.5, 0.6) is 0 Å². The fourth-order valence-electron chi connectivity index (χ4n) is 3.67. The lowest BCUT2D eigenvalue weighted by atomic mass is 9.94. The van der Waals surface area contributed by atoms with Crippen molar-refractivity contribution in [2.75, 3.05) is 13.1 Å². The van der Waals surface area contributed by atoms with E-state index < -0.39 is 0 Å². The van der Waals surface area contributed by atoms with Gasteiger partial charge in [0.25, 0.3) is 0 Å². The topological polar surface area (TPSA) is 65.0 Å². The van der Waals surface area contributed by atoms with Gasteiger partial charge in [0.05, 0.1) is 28.0 Å². The second kappa shape index (κ2) is 6.75. The van der Waals surface area contributed by atoms with Gasteiger partial charge in [0.15, 0.2) is 0 Å². The number of hydrogen-bond acceptors (Lipinski definition) is 4. The number of benzene rings is 1. The Labute approximate surface area is 151 Å². The highest BCUT2D eigenvalue weighted by Gasteiger charge is 2.32. The first-order chi connectivity index (χ1) is 12.1. The summed E-state index contributed by atoms with van der Waals surface area (Å²) in [6.45, 7) is 4.05. The second-order valence-corrected chi connectivity index (χ2v) is 7.20. The van der Waals surface area contributed by atoms with Crippen LogP contribution in [0.15, 0.2) is 36.5 Å². The van der Waals surface area contributed by atoms with Gasteiger partial charge in [-0.25, -0.2) is 0 Å². The average Bonchev–Trinajstić information content (AvgIpc) is 3.12. The Kier molecular flexibility index (Phi) is 4.46. The van der Waals surface area contributed by atoms with Crippen LogP contribution in [0.1, 0.15) is 17.0 Å². The second-order valence-electron chi connectivity index (χ2n) is 6.82. The number of halogens is 1. The number of aryl methyl sites for hydroxylation is 1. The molecule has 0 amide bonds. The highest BCUT2D eigenvalue weighted by Crippen LogP contribution is 2.27. The van der Waals surface area contributed by atoms with E-state index >= 15 is 0 Å². The predicted molar refractivity (Wildman–Crippen MR) is 98.6 cm³/mol. The molecule has 4 rings (SSSR count). The van der Waals surface area contributed by atoms with Crippen molar-refractivity contribution in [3.63, 3.8) is 0 Å². The fraction of sp³-hybridized carbons (Fsp3) is 0.368. The molecule has 0 spiro atoms. The highest BCUT2D eigenvalue weighted by molar-refractivity contribution is 6.31. The molecule has 0 unspecified atom stereocenters. The third-order valence-electron chi connectivity index (χ3n) is 5.02. The SMILES string of the molecule is Cc1[nH]nc(CN2C[C@@H](Cc3ccnc4ccccc34)[C@H](O)C2)c1Cl. The molecule has 5 nitrogen and oxygen atoms in total. The van der Waals surface area contributed by atoms with E-state index in [0.29, 0.717) is 18.1 Å². The van der Waals surface area contributed by atoms with E-state index in [4.69, 9.17) is 11.6 Å². The smallest absolute Gasteiger partial charge is 0.0951 e. The Balaban J connectivity index is 1.49. The normalized spacial score (nSPS) is 21.2. The summed E-state index contributed by atoms with van der Waals surface area (Å²) in [6.07, 6.45) is 2.35. The number of likely N-dealkylation sites (tertiary alicyclic amines) is 1. The Morgan fingerprint density at radius 2 is 2.12 bits per heavy atom. The van der Waals surface area contributed by atoms with Gasteiger partial charge in [0.1, 0.15) is 0 Å².